The number of benzene rings is 2. The van der Waals surface area contributed by atoms with E-state index in [9.17, 15) is 24.0 Å². The fourth-order valence-corrected chi connectivity index (χ4v) is 6.14. The van der Waals surface area contributed by atoms with Crippen molar-refractivity contribution < 1.29 is 33.4 Å². The highest BCUT2D eigenvalue weighted by Gasteiger charge is 2.50. The van der Waals surface area contributed by atoms with E-state index in [0.717, 1.165) is 5.56 Å². The number of anilines is 1. The second kappa shape index (κ2) is 17.5. The smallest absolute Gasteiger partial charge is 0.321 e. The minimum atomic E-state index is -0.987. The Bertz CT molecular complexity index is 1470. The van der Waals surface area contributed by atoms with Gasteiger partial charge in [0.2, 0.25) is 17.7 Å². The van der Waals surface area contributed by atoms with Crippen LogP contribution in [0.15, 0.2) is 54.6 Å². The highest BCUT2D eigenvalue weighted by molar-refractivity contribution is 5.98. The van der Waals surface area contributed by atoms with Gasteiger partial charge in [0.05, 0.1) is 19.8 Å². The molecule has 4 N–H and O–H groups in total. The molecule has 0 spiro atoms. The third-order valence-corrected chi connectivity index (χ3v) is 9.19. The number of carbonyl (C=O) groups excluding carboxylic acids is 5. The predicted octanol–water partition coefficient (Wildman–Crippen LogP) is 4.09. The summed E-state index contributed by atoms with van der Waals surface area (Å²) in [7, 11) is 1.58. The van der Waals surface area contributed by atoms with Gasteiger partial charge in [0.25, 0.3) is 0 Å². The van der Waals surface area contributed by atoms with Crippen LogP contribution in [-0.2, 0) is 30.3 Å². The van der Waals surface area contributed by atoms with E-state index in [4.69, 9.17) is 9.47 Å². The molecule has 4 rings (SSSR count). The van der Waals surface area contributed by atoms with Gasteiger partial charge in [-0.1, -0.05) is 58.0 Å². The Balaban J connectivity index is 1.40. The summed E-state index contributed by atoms with van der Waals surface area (Å²) in [5, 5.41) is 11.6. The molecule has 5 amide bonds. The van der Waals surface area contributed by atoms with Gasteiger partial charge in [-0.15, -0.1) is 0 Å². The standard InChI is InChI=1S/C38H53N5O7/c1-24(2)20-30(33(44)38(5)23-50-38)40-36(47)32(22-26-10-8-7-9-11-26)42-35(46)31(21-25(3)4)41-34(45)27-16-18-43(19-17-27)37(48)39-28-12-14-29(49-6)15-13-28/h7-15,24-25,27,30-32H,16-23H2,1-6H3,(H,39,48)(H,40,47)(H,41,45)(H,42,46). The zero-order valence-electron chi connectivity index (χ0n) is 30.1. The lowest BCUT2D eigenvalue weighted by molar-refractivity contribution is -0.135. The number of hydrogen-bond acceptors (Lipinski definition) is 7. The molecule has 0 bridgehead atoms. The number of rotatable bonds is 16. The molecular weight excluding hydrogens is 638 g/mol. The predicted molar refractivity (Wildman–Crippen MR) is 191 cm³/mol. The number of carbonyl (C=O) groups is 5. The van der Waals surface area contributed by atoms with Gasteiger partial charge in [0.15, 0.2) is 5.78 Å². The number of likely N-dealkylation sites (tertiary alicyclic amines) is 1. The monoisotopic (exact) mass is 691 g/mol. The van der Waals surface area contributed by atoms with Crippen molar-refractivity contribution in [1.29, 1.82) is 0 Å². The van der Waals surface area contributed by atoms with E-state index in [0.29, 0.717) is 56.8 Å². The summed E-state index contributed by atoms with van der Waals surface area (Å²) in [4.78, 5) is 69.0. The Kier molecular flexibility index (Phi) is 13.4. The number of piperidine rings is 1. The van der Waals surface area contributed by atoms with Gasteiger partial charge in [0, 0.05) is 31.1 Å². The highest BCUT2D eigenvalue weighted by atomic mass is 16.6. The average Bonchev–Trinajstić information content (AvgIpc) is 3.85. The maximum Gasteiger partial charge on any atom is 0.321 e. The van der Waals surface area contributed by atoms with Crippen molar-refractivity contribution in [3.8, 4) is 5.75 Å². The van der Waals surface area contributed by atoms with Crippen molar-refractivity contribution in [1.82, 2.24) is 20.9 Å². The number of epoxide rings is 1. The molecule has 4 atom stereocenters. The molecule has 12 nitrogen and oxygen atoms in total. The minimum Gasteiger partial charge on any atom is -0.497 e. The number of methoxy groups -OCH3 is 1. The molecule has 0 aromatic heterocycles. The van der Waals surface area contributed by atoms with E-state index in [-0.39, 0.29) is 41.9 Å². The van der Waals surface area contributed by atoms with Crippen LogP contribution in [0.4, 0.5) is 10.5 Å². The van der Waals surface area contributed by atoms with Crippen LogP contribution in [0.25, 0.3) is 0 Å². The molecule has 2 aliphatic rings. The molecule has 50 heavy (non-hydrogen) atoms. The van der Waals surface area contributed by atoms with Crippen LogP contribution in [0.2, 0.25) is 0 Å². The number of amides is 5. The number of nitrogens with zero attached hydrogens (tertiary/aromatic N) is 1. The van der Waals surface area contributed by atoms with Crippen molar-refractivity contribution >= 4 is 35.2 Å². The first-order valence-corrected chi connectivity index (χ1v) is 17.6. The van der Waals surface area contributed by atoms with Crippen molar-refractivity contribution in [2.45, 2.75) is 90.4 Å². The van der Waals surface area contributed by atoms with Crippen molar-refractivity contribution in [2.75, 3.05) is 32.1 Å². The van der Waals surface area contributed by atoms with E-state index in [2.05, 4.69) is 21.3 Å². The maximum atomic E-state index is 13.9. The molecule has 272 valence electrons. The summed E-state index contributed by atoms with van der Waals surface area (Å²) in [6.45, 7) is 10.7. The van der Waals surface area contributed by atoms with Gasteiger partial charge in [-0.3, -0.25) is 19.2 Å². The Hall–Kier alpha value is -4.45. The molecule has 0 saturated carbocycles. The fraction of sp³-hybridized carbons (Fsp3) is 0.553. The van der Waals surface area contributed by atoms with Crippen LogP contribution in [0.5, 0.6) is 5.75 Å². The summed E-state index contributed by atoms with van der Waals surface area (Å²) < 4.78 is 10.6. The van der Waals surface area contributed by atoms with E-state index in [1.54, 1.807) is 43.2 Å². The van der Waals surface area contributed by atoms with Crippen LogP contribution in [0, 0.1) is 17.8 Å². The van der Waals surface area contributed by atoms with Gasteiger partial charge < -0.3 is 35.6 Å². The fourth-order valence-electron chi connectivity index (χ4n) is 6.14. The van der Waals surface area contributed by atoms with Gasteiger partial charge in [-0.05, 0) is 74.3 Å². The number of nitrogens with one attached hydrogen (secondary N) is 4. The van der Waals surface area contributed by atoms with Crippen LogP contribution >= 0.6 is 0 Å². The largest absolute Gasteiger partial charge is 0.497 e. The molecule has 2 aliphatic heterocycles. The molecule has 0 radical (unpaired) electrons. The zero-order valence-corrected chi connectivity index (χ0v) is 30.1. The molecule has 2 fully saturated rings. The molecular formula is C38H53N5O7. The van der Waals surface area contributed by atoms with Gasteiger partial charge in [0.1, 0.15) is 23.4 Å². The Morgan fingerprint density at radius 3 is 1.94 bits per heavy atom. The lowest BCUT2D eigenvalue weighted by Crippen LogP contribution is -2.58. The second-order valence-corrected chi connectivity index (χ2v) is 14.4. The van der Waals surface area contributed by atoms with Crippen LogP contribution in [0.3, 0.4) is 0 Å². The third-order valence-electron chi connectivity index (χ3n) is 9.19. The van der Waals surface area contributed by atoms with E-state index >= 15 is 0 Å². The number of Topliss-reactive ketones (excluding diaryl/α,β-unsaturated/α-hetero) is 1. The summed E-state index contributed by atoms with van der Waals surface area (Å²) in [5.74, 6) is -0.861. The first-order chi connectivity index (χ1) is 23.8. The number of urea groups is 1. The molecule has 0 aliphatic carbocycles. The van der Waals surface area contributed by atoms with Crippen LogP contribution in [0.1, 0.15) is 65.9 Å². The second-order valence-electron chi connectivity index (χ2n) is 14.4. The quantitative estimate of drug-likeness (QED) is 0.193. The van der Waals surface area contributed by atoms with Gasteiger partial charge in [-0.25, -0.2) is 4.79 Å². The Morgan fingerprint density at radius 1 is 0.820 bits per heavy atom. The van der Waals surface area contributed by atoms with E-state index in [1.165, 1.54) is 0 Å². The zero-order chi connectivity index (χ0) is 36.4. The number of ether oxygens (including phenoxy) is 2. The molecule has 2 aromatic carbocycles. The summed E-state index contributed by atoms with van der Waals surface area (Å²) >= 11 is 0. The van der Waals surface area contributed by atoms with Crippen LogP contribution in [-0.4, -0.2) is 85.0 Å². The summed E-state index contributed by atoms with van der Waals surface area (Å²) in [6, 6.07) is 13.5. The Morgan fingerprint density at radius 2 is 1.38 bits per heavy atom. The van der Waals surface area contributed by atoms with Gasteiger partial charge >= 0.3 is 6.03 Å². The molecule has 2 heterocycles. The molecule has 12 heteroatoms. The topological polar surface area (TPSA) is 158 Å². The molecule has 2 aromatic rings. The van der Waals surface area contributed by atoms with Crippen LogP contribution < -0.4 is 26.0 Å². The highest BCUT2D eigenvalue weighted by Crippen LogP contribution is 2.30. The Labute approximate surface area is 295 Å². The lowest BCUT2D eigenvalue weighted by atomic mass is 9.93. The normalized spacial score (nSPS) is 19.2. The number of hydrogen-bond donors (Lipinski definition) is 4. The lowest BCUT2D eigenvalue weighted by Gasteiger charge is -2.32. The average molecular weight is 692 g/mol. The first kappa shape index (κ1) is 38.4. The summed E-state index contributed by atoms with van der Waals surface area (Å²) in [6.07, 6.45) is 1.90. The summed E-state index contributed by atoms with van der Waals surface area (Å²) in [5.41, 5.74) is 0.573. The minimum absolute atomic E-state index is 0.0725. The van der Waals surface area contributed by atoms with Crippen molar-refractivity contribution in [2.24, 2.45) is 17.8 Å². The molecule has 2 saturated heterocycles. The number of ketones is 1. The maximum absolute atomic E-state index is 13.9. The first-order valence-electron chi connectivity index (χ1n) is 17.6. The molecule has 4 unspecified atom stereocenters. The van der Waals surface area contributed by atoms with Crippen molar-refractivity contribution in [3.63, 3.8) is 0 Å². The van der Waals surface area contributed by atoms with E-state index in [1.807, 2.05) is 58.0 Å². The van der Waals surface area contributed by atoms with Gasteiger partial charge in [-0.2, -0.15) is 0 Å². The van der Waals surface area contributed by atoms with Crippen molar-refractivity contribution in [3.05, 3.63) is 60.2 Å². The van der Waals surface area contributed by atoms with E-state index < -0.39 is 35.5 Å². The third kappa shape index (κ3) is 11.0. The SMILES string of the molecule is COc1ccc(NC(=O)N2CCC(C(=O)NC(CC(C)C)C(=O)NC(Cc3ccccc3)C(=O)NC(CC(C)C)C(=O)C3(C)CO3)CC2)cc1.